The maximum absolute atomic E-state index is 10.8. The number of anilines is 1. The summed E-state index contributed by atoms with van der Waals surface area (Å²) in [6, 6.07) is 5.75. The molecule has 0 spiro atoms. The Kier molecular flexibility index (Phi) is 4.18. The number of nitro groups is 2. The predicted octanol–water partition coefficient (Wildman–Crippen LogP) is 2.71. The van der Waals surface area contributed by atoms with Gasteiger partial charge in [-0.1, -0.05) is 11.3 Å². The van der Waals surface area contributed by atoms with Gasteiger partial charge in [0, 0.05) is 17.8 Å². The van der Waals surface area contributed by atoms with E-state index in [1.165, 1.54) is 30.5 Å². The van der Waals surface area contributed by atoms with E-state index in [0.717, 1.165) is 11.3 Å². The second kappa shape index (κ2) is 6.05. The Hall–Kier alpha value is -2.88. The van der Waals surface area contributed by atoms with E-state index >= 15 is 0 Å². The van der Waals surface area contributed by atoms with Crippen molar-refractivity contribution in [2.45, 2.75) is 6.92 Å². The van der Waals surface area contributed by atoms with E-state index in [1.807, 2.05) is 0 Å². The van der Waals surface area contributed by atoms with E-state index in [-0.39, 0.29) is 16.5 Å². The highest BCUT2D eigenvalue weighted by molar-refractivity contribution is 7.16. The highest BCUT2D eigenvalue weighted by Gasteiger charge is 2.14. The highest BCUT2D eigenvalue weighted by Crippen LogP contribution is 2.23. The molecule has 2 rings (SSSR count). The van der Waals surface area contributed by atoms with Crippen molar-refractivity contribution in [1.82, 2.24) is 4.98 Å². The lowest BCUT2D eigenvalue weighted by Gasteiger charge is -2.01. The number of nitrogens with one attached hydrogen (secondary N) is 1. The summed E-state index contributed by atoms with van der Waals surface area (Å²) in [5, 5.41) is 25.2. The number of aromatic nitrogens is 1. The van der Waals surface area contributed by atoms with Crippen LogP contribution in [0.4, 0.5) is 16.5 Å². The Morgan fingerprint density at radius 2 is 2.00 bits per heavy atom. The van der Waals surface area contributed by atoms with Crippen LogP contribution >= 0.6 is 11.3 Å². The van der Waals surface area contributed by atoms with Gasteiger partial charge in [-0.05, 0) is 19.1 Å². The molecule has 0 saturated heterocycles. The molecule has 10 heteroatoms. The third kappa shape index (κ3) is 3.57. The molecule has 0 aromatic carbocycles. The zero-order valence-corrected chi connectivity index (χ0v) is 11.5. The number of pyridine rings is 1. The molecule has 0 aliphatic heterocycles. The minimum atomic E-state index is -0.569. The molecule has 9 nitrogen and oxygen atoms in total. The molecule has 0 aliphatic carbocycles. The first-order valence-corrected chi connectivity index (χ1v) is 6.44. The van der Waals surface area contributed by atoms with Crippen molar-refractivity contribution >= 4 is 34.1 Å². The van der Waals surface area contributed by atoms with Crippen LogP contribution in [0.25, 0.3) is 0 Å². The summed E-state index contributed by atoms with van der Waals surface area (Å²) >= 11 is 0.947. The Labute approximate surface area is 122 Å². The molecular weight excluding hydrogens is 298 g/mol. The molecular formula is C11H9N5O4S. The van der Waals surface area contributed by atoms with E-state index in [9.17, 15) is 20.2 Å². The monoisotopic (exact) mass is 307 g/mol. The molecule has 108 valence electrons. The van der Waals surface area contributed by atoms with Crippen molar-refractivity contribution < 1.29 is 9.85 Å². The summed E-state index contributed by atoms with van der Waals surface area (Å²) in [5.74, 6) is 0.0160. The Bertz CT molecular complexity index is 727. The number of nitrogens with zero attached hydrogens (tertiary/aromatic N) is 4. The largest absolute Gasteiger partial charge is 0.324 e. The van der Waals surface area contributed by atoms with Crippen LogP contribution in [-0.4, -0.2) is 21.0 Å². The lowest BCUT2D eigenvalue weighted by Crippen LogP contribution is -2.00. The summed E-state index contributed by atoms with van der Waals surface area (Å²) in [6.07, 6.45) is 1.34. The third-order valence-electron chi connectivity index (χ3n) is 2.36. The molecule has 2 heterocycles. The average molecular weight is 307 g/mol. The van der Waals surface area contributed by atoms with Crippen LogP contribution < -0.4 is 5.43 Å². The van der Waals surface area contributed by atoms with Gasteiger partial charge < -0.3 is 0 Å². The number of hydrazone groups is 1. The fourth-order valence-electron chi connectivity index (χ4n) is 1.45. The fourth-order valence-corrected chi connectivity index (χ4v) is 2.14. The molecule has 0 atom stereocenters. The Morgan fingerprint density at radius 3 is 2.62 bits per heavy atom. The lowest BCUT2D eigenvalue weighted by molar-refractivity contribution is -0.384. The van der Waals surface area contributed by atoms with Gasteiger partial charge in [-0.2, -0.15) is 5.10 Å². The van der Waals surface area contributed by atoms with Crippen molar-refractivity contribution in [3.8, 4) is 0 Å². The van der Waals surface area contributed by atoms with Crippen molar-refractivity contribution in [3.63, 3.8) is 0 Å². The number of hydrogen-bond acceptors (Lipinski definition) is 8. The van der Waals surface area contributed by atoms with E-state index in [0.29, 0.717) is 10.6 Å². The zero-order chi connectivity index (χ0) is 15.4. The van der Waals surface area contributed by atoms with Crippen LogP contribution in [0, 0.1) is 27.2 Å². The van der Waals surface area contributed by atoms with E-state index in [2.05, 4.69) is 15.5 Å². The normalized spacial score (nSPS) is 10.7. The molecule has 21 heavy (non-hydrogen) atoms. The maximum Gasteiger partial charge on any atom is 0.324 e. The van der Waals surface area contributed by atoms with Crippen molar-refractivity contribution in [1.29, 1.82) is 0 Å². The first kappa shape index (κ1) is 14.5. The van der Waals surface area contributed by atoms with Crippen molar-refractivity contribution in [2.75, 3.05) is 5.43 Å². The SMILES string of the molecule is Cc1ccc([N+](=O)[O-])c(N/N=C\c2ccc([N+](=O)[O-])s2)n1. The van der Waals surface area contributed by atoms with Gasteiger partial charge in [-0.3, -0.25) is 25.7 Å². The molecule has 0 amide bonds. The van der Waals surface area contributed by atoms with Gasteiger partial charge in [0.1, 0.15) is 0 Å². The van der Waals surface area contributed by atoms with Gasteiger partial charge in [0.05, 0.1) is 20.9 Å². The zero-order valence-electron chi connectivity index (χ0n) is 10.7. The average Bonchev–Trinajstić information content (AvgIpc) is 2.87. The Morgan fingerprint density at radius 1 is 1.24 bits per heavy atom. The maximum atomic E-state index is 10.8. The van der Waals surface area contributed by atoms with Gasteiger partial charge in [0.15, 0.2) is 0 Å². The van der Waals surface area contributed by atoms with E-state index in [4.69, 9.17) is 0 Å². The van der Waals surface area contributed by atoms with Gasteiger partial charge in [0.2, 0.25) is 5.82 Å². The molecule has 1 N–H and O–H groups in total. The van der Waals surface area contributed by atoms with Crippen LogP contribution in [0.1, 0.15) is 10.6 Å². The third-order valence-corrected chi connectivity index (χ3v) is 3.34. The molecule has 2 aromatic rings. The summed E-state index contributed by atoms with van der Waals surface area (Å²) in [5.41, 5.74) is 2.88. The molecule has 2 aromatic heterocycles. The quantitative estimate of drug-likeness (QED) is 0.514. The highest BCUT2D eigenvalue weighted by atomic mass is 32.1. The first-order valence-electron chi connectivity index (χ1n) is 5.62. The molecule has 0 aliphatic rings. The van der Waals surface area contributed by atoms with Crippen LogP contribution in [0.15, 0.2) is 29.4 Å². The fraction of sp³-hybridized carbons (Fsp3) is 0.0909. The second-order valence-corrected chi connectivity index (χ2v) is 4.97. The van der Waals surface area contributed by atoms with Crippen molar-refractivity contribution in [3.05, 3.63) is 55.1 Å². The topological polar surface area (TPSA) is 124 Å². The van der Waals surface area contributed by atoms with Crippen LogP contribution in [0.3, 0.4) is 0 Å². The lowest BCUT2D eigenvalue weighted by atomic mass is 10.3. The molecule has 0 bridgehead atoms. The van der Waals surface area contributed by atoms with Crippen LogP contribution in [0.5, 0.6) is 0 Å². The predicted molar refractivity (Wildman–Crippen MR) is 77.8 cm³/mol. The van der Waals surface area contributed by atoms with Gasteiger partial charge in [-0.25, -0.2) is 4.98 Å². The van der Waals surface area contributed by atoms with Crippen LogP contribution in [-0.2, 0) is 0 Å². The summed E-state index contributed by atoms with van der Waals surface area (Å²) < 4.78 is 0. The van der Waals surface area contributed by atoms with Gasteiger partial charge in [-0.15, -0.1) is 0 Å². The van der Waals surface area contributed by atoms with Crippen LogP contribution in [0.2, 0.25) is 0 Å². The minimum Gasteiger partial charge on any atom is -0.258 e. The molecule has 0 saturated carbocycles. The summed E-state index contributed by atoms with van der Waals surface area (Å²) in [7, 11) is 0. The minimum absolute atomic E-state index is 0.00360. The smallest absolute Gasteiger partial charge is 0.258 e. The summed E-state index contributed by atoms with van der Waals surface area (Å²) in [6.45, 7) is 1.70. The number of hydrogen-bond donors (Lipinski definition) is 1. The van der Waals surface area contributed by atoms with Gasteiger partial charge in [0.25, 0.3) is 0 Å². The first-order chi connectivity index (χ1) is 9.97. The molecule has 0 radical (unpaired) electrons. The number of rotatable bonds is 5. The van der Waals surface area contributed by atoms with Gasteiger partial charge >= 0.3 is 10.7 Å². The standard InChI is InChI=1S/C11H9N5O4S/c1-7-2-4-9(15(17)18)11(13-7)14-12-6-8-3-5-10(21-8)16(19)20/h2-6H,1H3,(H,13,14)/b12-6-. The molecule has 0 fully saturated rings. The second-order valence-electron chi connectivity index (χ2n) is 3.88. The number of aryl methyl sites for hydroxylation is 1. The summed E-state index contributed by atoms with van der Waals surface area (Å²) in [4.78, 5) is 24.8. The molecule has 0 unspecified atom stereocenters. The van der Waals surface area contributed by atoms with E-state index < -0.39 is 9.85 Å². The Balaban J connectivity index is 2.15. The number of thiophene rings is 1. The van der Waals surface area contributed by atoms with E-state index in [1.54, 1.807) is 6.92 Å². The van der Waals surface area contributed by atoms with Crippen molar-refractivity contribution in [2.24, 2.45) is 5.10 Å².